The van der Waals surface area contributed by atoms with Crippen molar-refractivity contribution < 1.29 is 14.3 Å². The van der Waals surface area contributed by atoms with Gasteiger partial charge in [0.1, 0.15) is 21.9 Å². The van der Waals surface area contributed by atoms with Crippen molar-refractivity contribution in [3.8, 4) is 11.1 Å². The van der Waals surface area contributed by atoms with Crippen LogP contribution >= 0.6 is 11.3 Å². The zero-order valence-corrected chi connectivity index (χ0v) is 18.0. The number of aromatic nitrogens is 2. The number of rotatable bonds is 4. The molecule has 0 fully saturated rings. The Kier molecular flexibility index (Phi) is 5.13. The van der Waals surface area contributed by atoms with Crippen LogP contribution in [-0.4, -0.2) is 28.4 Å². The van der Waals surface area contributed by atoms with Crippen molar-refractivity contribution in [1.82, 2.24) is 9.38 Å². The lowest BCUT2D eigenvalue weighted by Gasteiger charge is -2.09. The second kappa shape index (κ2) is 7.76. The van der Waals surface area contributed by atoms with E-state index in [1.165, 1.54) is 18.4 Å². The number of hydrogen-bond acceptors (Lipinski definition) is 5. The van der Waals surface area contributed by atoms with Crippen LogP contribution in [0, 0.1) is 20.8 Å². The number of fused-ring (bicyclic) bond motifs is 1. The van der Waals surface area contributed by atoms with Crippen molar-refractivity contribution in [3.05, 3.63) is 76.1 Å². The molecule has 0 unspecified atom stereocenters. The summed E-state index contributed by atoms with van der Waals surface area (Å²) in [5.41, 5.74) is 4.91. The first-order valence-corrected chi connectivity index (χ1v) is 10.3. The Morgan fingerprint density at radius 3 is 2.50 bits per heavy atom. The molecule has 0 bridgehead atoms. The topological polar surface area (TPSA) is 72.7 Å². The number of esters is 1. The maximum absolute atomic E-state index is 13.2. The van der Waals surface area contributed by atoms with Crippen molar-refractivity contribution in [2.24, 2.45) is 0 Å². The molecule has 0 radical (unpaired) electrons. The predicted molar refractivity (Wildman–Crippen MR) is 118 cm³/mol. The standard InChI is InChI=1S/C23H21N3O3S/c1-13-8-10-16(11-9-13)18-15(3)30-22(19(18)23(28)29-4)25-21(27)20-14(2)24-17-7-5-6-12-26(17)20/h5-12H,1-4H3,(H,25,27). The number of carbonyl (C=O) groups is 2. The van der Waals surface area contributed by atoms with Gasteiger partial charge in [0.2, 0.25) is 0 Å². The monoisotopic (exact) mass is 419 g/mol. The number of benzene rings is 1. The molecule has 0 aliphatic heterocycles. The summed E-state index contributed by atoms with van der Waals surface area (Å²) in [6.07, 6.45) is 1.79. The molecule has 1 aromatic carbocycles. The normalized spacial score (nSPS) is 10.9. The van der Waals surface area contributed by atoms with Gasteiger partial charge >= 0.3 is 5.97 Å². The molecule has 6 nitrogen and oxygen atoms in total. The number of hydrogen-bond donors (Lipinski definition) is 1. The molecule has 1 N–H and O–H groups in total. The van der Waals surface area contributed by atoms with Crippen LogP contribution in [0.25, 0.3) is 16.8 Å². The Balaban J connectivity index is 1.80. The third-order valence-corrected chi connectivity index (χ3v) is 5.98. The fraction of sp³-hybridized carbons (Fsp3) is 0.174. The summed E-state index contributed by atoms with van der Waals surface area (Å²) in [5.74, 6) is -0.812. The van der Waals surface area contributed by atoms with E-state index < -0.39 is 5.97 Å². The molecule has 4 rings (SSSR count). The maximum atomic E-state index is 13.2. The second-order valence-corrected chi connectivity index (χ2v) is 8.25. The molecule has 7 heteroatoms. The molecule has 0 atom stereocenters. The van der Waals surface area contributed by atoms with Gasteiger partial charge in [0.05, 0.1) is 12.8 Å². The number of anilines is 1. The average molecular weight is 420 g/mol. The Labute approximate surface area is 178 Å². The summed E-state index contributed by atoms with van der Waals surface area (Å²) in [6.45, 7) is 5.73. The van der Waals surface area contributed by atoms with E-state index in [1.807, 2.05) is 56.3 Å². The number of nitrogens with zero attached hydrogens (tertiary/aromatic N) is 2. The highest BCUT2D eigenvalue weighted by atomic mass is 32.1. The van der Waals surface area contributed by atoms with Crippen molar-refractivity contribution in [2.45, 2.75) is 20.8 Å². The SMILES string of the molecule is COC(=O)c1c(NC(=O)c2c(C)nc3ccccn23)sc(C)c1-c1ccc(C)cc1. The van der Waals surface area contributed by atoms with Crippen LogP contribution in [0.15, 0.2) is 48.7 Å². The van der Waals surface area contributed by atoms with E-state index in [4.69, 9.17) is 4.74 Å². The van der Waals surface area contributed by atoms with Gasteiger partial charge in [0, 0.05) is 16.6 Å². The molecule has 0 aliphatic carbocycles. The molecule has 152 valence electrons. The van der Waals surface area contributed by atoms with E-state index >= 15 is 0 Å². The fourth-order valence-electron chi connectivity index (χ4n) is 3.55. The number of methoxy groups -OCH3 is 1. The summed E-state index contributed by atoms with van der Waals surface area (Å²) in [5, 5.41) is 3.38. The summed E-state index contributed by atoms with van der Waals surface area (Å²) < 4.78 is 6.78. The highest BCUT2D eigenvalue weighted by Gasteiger charge is 2.26. The fourth-order valence-corrected chi connectivity index (χ4v) is 4.61. The van der Waals surface area contributed by atoms with E-state index in [-0.39, 0.29) is 5.91 Å². The number of ether oxygens (including phenoxy) is 1. The minimum absolute atomic E-state index is 0.326. The second-order valence-electron chi connectivity index (χ2n) is 7.02. The lowest BCUT2D eigenvalue weighted by Crippen LogP contribution is -2.17. The minimum atomic E-state index is -0.486. The first kappa shape index (κ1) is 19.8. The number of amides is 1. The van der Waals surface area contributed by atoms with Gasteiger partial charge < -0.3 is 10.1 Å². The van der Waals surface area contributed by atoms with Crippen LogP contribution in [0.4, 0.5) is 5.00 Å². The van der Waals surface area contributed by atoms with Crippen LogP contribution in [0.1, 0.15) is 37.0 Å². The smallest absolute Gasteiger partial charge is 0.341 e. The Morgan fingerprint density at radius 2 is 1.80 bits per heavy atom. The van der Waals surface area contributed by atoms with Crippen LogP contribution in [0.3, 0.4) is 0 Å². The molecule has 0 spiro atoms. The van der Waals surface area contributed by atoms with Crippen LogP contribution < -0.4 is 5.32 Å². The van der Waals surface area contributed by atoms with Gasteiger partial charge in [0.25, 0.3) is 5.91 Å². The Morgan fingerprint density at radius 1 is 1.07 bits per heavy atom. The van der Waals surface area contributed by atoms with Gasteiger partial charge in [-0.3, -0.25) is 9.20 Å². The zero-order chi connectivity index (χ0) is 21.4. The van der Waals surface area contributed by atoms with Gasteiger partial charge in [-0.1, -0.05) is 35.9 Å². The first-order chi connectivity index (χ1) is 14.4. The number of pyridine rings is 1. The maximum Gasteiger partial charge on any atom is 0.341 e. The van der Waals surface area contributed by atoms with Gasteiger partial charge in [0.15, 0.2) is 0 Å². The summed E-state index contributed by atoms with van der Waals surface area (Å²) in [7, 11) is 1.34. The van der Waals surface area contributed by atoms with E-state index in [9.17, 15) is 9.59 Å². The number of carbonyl (C=O) groups excluding carboxylic acids is 2. The number of imidazole rings is 1. The van der Waals surface area contributed by atoms with Crippen molar-refractivity contribution in [2.75, 3.05) is 12.4 Å². The quantitative estimate of drug-likeness (QED) is 0.471. The van der Waals surface area contributed by atoms with Gasteiger partial charge in [-0.15, -0.1) is 11.3 Å². The molecule has 3 heterocycles. The molecule has 0 saturated heterocycles. The van der Waals surface area contributed by atoms with Crippen molar-refractivity contribution in [1.29, 1.82) is 0 Å². The highest BCUT2D eigenvalue weighted by molar-refractivity contribution is 7.17. The number of nitrogens with one attached hydrogen (secondary N) is 1. The lowest BCUT2D eigenvalue weighted by molar-refractivity contribution is 0.0603. The number of aryl methyl sites for hydroxylation is 3. The predicted octanol–water partition coefficient (Wildman–Crippen LogP) is 5.03. The molecule has 0 aliphatic rings. The van der Waals surface area contributed by atoms with E-state index in [1.54, 1.807) is 17.5 Å². The summed E-state index contributed by atoms with van der Waals surface area (Å²) in [4.78, 5) is 31.2. The Bertz CT molecular complexity index is 1270. The third-order valence-electron chi connectivity index (χ3n) is 4.96. The third kappa shape index (κ3) is 3.37. The first-order valence-electron chi connectivity index (χ1n) is 9.44. The van der Waals surface area contributed by atoms with E-state index in [0.717, 1.165) is 21.6 Å². The molecule has 1 amide bonds. The number of thiophene rings is 1. The molecule has 4 aromatic rings. The van der Waals surface area contributed by atoms with Gasteiger partial charge in [-0.05, 0) is 38.5 Å². The molecular weight excluding hydrogens is 398 g/mol. The average Bonchev–Trinajstić information content (AvgIpc) is 3.23. The molecule has 3 aromatic heterocycles. The van der Waals surface area contributed by atoms with Crippen molar-refractivity contribution in [3.63, 3.8) is 0 Å². The van der Waals surface area contributed by atoms with Gasteiger partial charge in [-0.25, -0.2) is 9.78 Å². The lowest BCUT2D eigenvalue weighted by atomic mass is 10.0. The molecule has 0 saturated carbocycles. The minimum Gasteiger partial charge on any atom is -0.465 e. The van der Waals surface area contributed by atoms with Crippen LogP contribution in [-0.2, 0) is 4.74 Å². The molecule has 30 heavy (non-hydrogen) atoms. The van der Waals surface area contributed by atoms with Crippen LogP contribution in [0.2, 0.25) is 0 Å². The van der Waals surface area contributed by atoms with Gasteiger partial charge in [-0.2, -0.15) is 0 Å². The summed E-state index contributed by atoms with van der Waals surface area (Å²) >= 11 is 1.36. The summed E-state index contributed by atoms with van der Waals surface area (Å²) in [6, 6.07) is 13.5. The van der Waals surface area contributed by atoms with Crippen molar-refractivity contribution >= 4 is 33.9 Å². The van der Waals surface area contributed by atoms with E-state index in [0.29, 0.717) is 27.6 Å². The molecular formula is C23H21N3O3S. The highest BCUT2D eigenvalue weighted by Crippen LogP contribution is 2.40. The Hall–Kier alpha value is -3.45. The largest absolute Gasteiger partial charge is 0.465 e. The van der Waals surface area contributed by atoms with Crippen LogP contribution in [0.5, 0.6) is 0 Å². The van der Waals surface area contributed by atoms with E-state index in [2.05, 4.69) is 10.3 Å². The zero-order valence-electron chi connectivity index (χ0n) is 17.1.